The van der Waals surface area contributed by atoms with Gasteiger partial charge in [0.15, 0.2) is 0 Å². The van der Waals surface area contributed by atoms with E-state index in [0.29, 0.717) is 19.4 Å². The Labute approximate surface area is 124 Å². The van der Waals surface area contributed by atoms with E-state index in [9.17, 15) is 4.79 Å². The van der Waals surface area contributed by atoms with Crippen molar-refractivity contribution >= 4 is 33.0 Å². The average Bonchev–Trinajstić information content (AvgIpc) is 2.75. The third-order valence-electron chi connectivity index (χ3n) is 2.46. The number of carbonyl (C=O) groups is 1. The van der Waals surface area contributed by atoms with Crippen molar-refractivity contribution in [3.63, 3.8) is 0 Å². The second-order valence-electron chi connectivity index (χ2n) is 4.15. The maximum Gasteiger partial charge on any atom is 0.143 e. The Morgan fingerprint density at radius 2 is 2.32 bits per heavy atom. The fourth-order valence-corrected chi connectivity index (χ4v) is 2.76. The Bertz CT molecular complexity index is 568. The summed E-state index contributed by atoms with van der Waals surface area (Å²) in [4.78, 5) is 16.0. The molecular weight excluding hydrogens is 326 g/mol. The van der Waals surface area contributed by atoms with E-state index in [-0.39, 0.29) is 5.78 Å². The van der Waals surface area contributed by atoms with Gasteiger partial charge >= 0.3 is 0 Å². The Balaban J connectivity index is 1.75. The van der Waals surface area contributed by atoms with Crippen LogP contribution in [0.15, 0.2) is 34.1 Å². The number of thiazole rings is 1. The first-order chi connectivity index (χ1) is 9.13. The molecule has 0 spiro atoms. The molecule has 5 heteroatoms. The lowest BCUT2D eigenvalue weighted by molar-refractivity contribution is -0.118. The molecule has 0 atom stereocenters. The van der Waals surface area contributed by atoms with Gasteiger partial charge in [0.05, 0.1) is 13.0 Å². The average molecular weight is 340 g/mol. The Kier molecular flexibility index (Phi) is 5.10. The zero-order valence-corrected chi connectivity index (χ0v) is 13.0. The lowest BCUT2D eigenvalue weighted by Crippen LogP contribution is -2.08. The van der Waals surface area contributed by atoms with Crippen LogP contribution >= 0.6 is 27.3 Å². The van der Waals surface area contributed by atoms with E-state index in [1.165, 1.54) is 11.3 Å². The predicted octanol–water partition coefficient (Wildman–Crippen LogP) is 3.79. The highest BCUT2D eigenvalue weighted by Gasteiger charge is 2.07. The number of hydrogen-bond acceptors (Lipinski definition) is 4. The van der Waals surface area contributed by atoms with Crippen LogP contribution in [0.25, 0.3) is 0 Å². The van der Waals surface area contributed by atoms with Crippen LogP contribution in [0.1, 0.15) is 17.1 Å². The maximum absolute atomic E-state index is 11.8. The second-order valence-corrected chi connectivity index (χ2v) is 6.01. The van der Waals surface area contributed by atoms with E-state index in [4.69, 9.17) is 4.74 Å². The van der Waals surface area contributed by atoms with Crippen LogP contribution < -0.4 is 4.74 Å². The van der Waals surface area contributed by atoms with Crippen molar-refractivity contribution in [2.45, 2.75) is 19.8 Å². The molecule has 0 radical (unpaired) electrons. The number of benzene rings is 1. The third kappa shape index (κ3) is 4.76. The van der Waals surface area contributed by atoms with Gasteiger partial charge in [-0.25, -0.2) is 4.98 Å². The number of aryl methyl sites for hydroxylation is 1. The van der Waals surface area contributed by atoms with Crippen LogP contribution in [0.3, 0.4) is 0 Å². The summed E-state index contributed by atoms with van der Waals surface area (Å²) in [6.07, 6.45) is 0.811. The lowest BCUT2D eigenvalue weighted by atomic mass is 10.2. The van der Waals surface area contributed by atoms with Crippen LogP contribution in [0.4, 0.5) is 0 Å². The number of hydrogen-bond donors (Lipinski definition) is 0. The van der Waals surface area contributed by atoms with Crippen LogP contribution in [-0.4, -0.2) is 17.4 Å². The molecule has 0 aliphatic rings. The minimum Gasteiger partial charge on any atom is -0.493 e. The number of carbonyl (C=O) groups excluding carboxylic acids is 1. The highest BCUT2D eigenvalue weighted by atomic mass is 79.9. The number of nitrogens with zero attached hydrogens (tertiary/aromatic N) is 1. The van der Waals surface area contributed by atoms with Crippen molar-refractivity contribution in [1.29, 1.82) is 0 Å². The molecule has 0 unspecified atom stereocenters. The van der Waals surface area contributed by atoms with E-state index in [0.717, 1.165) is 20.9 Å². The van der Waals surface area contributed by atoms with Gasteiger partial charge in [0.1, 0.15) is 16.5 Å². The molecule has 0 amide bonds. The summed E-state index contributed by atoms with van der Waals surface area (Å²) in [6.45, 7) is 2.33. The van der Waals surface area contributed by atoms with Crippen LogP contribution in [-0.2, 0) is 11.2 Å². The van der Waals surface area contributed by atoms with E-state index in [1.807, 2.05) is 36.6 Å². The van der Waals surface area contributed by atoms with E-state index < -0.39 is 0 Å². The lowest BCUT2D eigenvalue weighted by Gasteiger charge is -2.05. The topological polar surface area (TPSA) is 39.2 Å². The number of Topliss-reactive ketones (excluding diaryl/α,β-unsaturated/α-hetero) is 1. The zero-order chi connectivity index (χ0) is 13.7. The van der Waals surface area contributed by atoms with E-state index in [2.05, 4.69) is 20.9 Å². The summed E-state index contributed by atoms with van der Waals surface area (Å²) in [6, 6.07) is 7.59. The Morgan fingerprint density at radius 3 is 3.00 bits per heavy atom. The first-order valence-corrected chi connectivity index (χ1v) is 7.62. The Hall–Kier alpha value is -1.20. The molecule has 0 saturated heterocycles. The molecule has 1 heterocycles. The summed E-state index contributed by atoms with van der Waals surface area (Å²) in [5.74, 6) is 0.927. The van der Waals surface area contributed by atoms with Crippen molar-refractivity contribution in [3.05, 3.63) is 44.8 Å². The molecule has 0 N–H and O–H groups in total. The molecule has 19 heavy (non-hydrogen) atoms. The van der Waals surface area contributed by atoms with Gasteiger partial charge in [0.25, 0.3) is 0 Å². The molecule has 0 saturated carbocycles. The Morgan fingerprint density at radius 1 is 1.47 bits per heavy atom. The van der Waals surface area contributed by atoms with Crippen molar-refractivity contribution in [2.24, 2.45) is 0 Å². The van der Waals surface area contributed by atoms with Crippen LogP contribution in [0, 0.1) is 6.92 Å². The van der Waals surface area contributed by atoms with Gasteiger partial charge in [-0.1, -0.05) is 22.0 Å². The molecule has 0 aliphatic carbocycles. The summed E-state index contributed by atoms with van der Waals surface area (Å²) >= 11 is 4.91. The fourth-order valence-electron chi connectivity index (χ4n) is 1.58. The normalized spacial score (nSPS) is 10.4. The molecule has 0 aliphatic heterocycles. The first-order valence-electron chi connectivity index (χ1n) is 5.94. The first kappa shape index (κ1) is 14.2. The van der Waals surface area contributed by atoms with Gasteiger partial charge < -0.3 is 4.74 Å². The fraction of sp³-hybridized carbons (Fsp3) is 0.286. The smallest absolute Gasteiger partial charge is 0.143 e. The minimum atomic E-state index is 0.157. The van der Waals surface area contributed by atoms with Gasteiger partial charge in [-0.15, -0.1) is 11.3 Å². The number of ether oxygens (including phenoxy) is 1. The van der Waals surface area contributed by atoms with Crippen LogP contribution in [0.2, 0.25) is 0 Å². The van der Waals surface area contributed by atoms with Gasteiger partial charge in [-0.05, 0) is 25.1 Å². The summed E-state index contributed by atoms with van der Waals surface area (Å²) in [5.41, 5.74) is 0.971. The largest absolute Gasteiger partial charge is 0.493 e. The van der Waals surface area contributed by atoms with Crippen molar-refractivity contribution in [1.82, 2.24) is 4.98 Å². The van der Waals surface area contributed by atoms with Gasteiger partial charge in [-0.3, -0.25) is 4.79 Å². The highest BCUT2D eigenvalue weighted by molar-refractivity contribution is 9.10. The van der Waals surface area contributed by atoms with Gasteiger partial charge in [0, 0.05) is 22.0 Å². The number of aromatic nitrogens is 1. The zero-order valence-electron chi connectivity index (χ0n) is 10.6. The monoisotopic (exact) mass is 339 g/mol. The quantitative estimate of drug-likeness (QED) is 0.803. The molecule has 2 rings (SSSR count). The summed E-state index contributed by atoms with van der Waals surface area (Å²) in [7, 11) is 0. The number of rotatable bonds is 6. The summed E-state index contributed by atoms with van der Waals surface area (Å²) < 4.78 is 6.50. The second kappa shape index (κ2) is 6.82. The molecule has 0 fully saturated rings. The van der Waals surface area contributed by atoms with E-state index in [1.54, 1.807) is 0 Å². The molecule has 1 aromatic heterocycles. The molecule has 3 nitrogen and oxygen atoms in total. The van der Waals surface area contributed by atoms with Crippen molar-refractivity contribution < 1.29 is 9.53 Å². The third-order valence-corrected chi connectivity index (χ3v) is 3.92. The van der Waals surface area contributed by atoms with Crippen LogP contribution in [0.5, 0.6) is 5.75 Å². The van der Waals surface area contributed by atoms with Gasteiger partial charge in [0.2, 0.25) is 0 Å². The van der Waals surface area contributed by atoms with Crippen molar-refractivity contribution in [3.8, 4) is 5.75 Å². The maximum atomic E-state index is 11.8. The predicted molar refractivity (Wildman–Crippen MR) is 79.8 cm³/mol. The molecule has 1 aromatic carbocycles. The van der Waals surface area contributed by atoms with Gasteiger partial charge in [-0.2, -0.15) is 0 Å². The van der Waals surface area contributed by atoms with Crippen molar-refractivity contribution in [2.75, 3.05) is 6.61 Å². The molecule has 0 bridgehead atoms. The number of ketones is 1. The minimum absolute atomic E-state index is 0.157. The number of halogens is 1. The highest BCUT2D eigenvalue weighted by Crippen LogP contribution is 2.18. The SMILES string of the molecule is Cc1csc(CC(=O)CCOc2cccc(Br)c2)n1. The molecular formula is C14H14BrNO2S. The molecule has 100 valence electrons. The summed E-state index contributed by atoms with van der Waals surface area (Å²) in [5, 5.41) is 2.84. The van der Waals surface area contributed by atoms with E-state index >= 15 is 0 Å². The molecule has 2 aromatic rings. The standard InChI is InChI=1S/C14H14BrNO2S/c1-10-9-19-14(16-10)8-12(17)5-6-18-13-4-2-3-11(15)7-13/h2-4,7,9H,5-6,8H2,1H3.